The topological polar surface area (TPSA) is 65.0 Å². The maximum atomic E-state index is 6.69. The molecule has 0 fully saturated rings. The summed E-state index contributed by atoms with van der Waals surface area (Å²) >= 11 is 0. The number of para-hydroxylation sites is 2. The summed E-state index contributed by atoms with van der Waals surface area (Å²) in [6.07, 6.45) is 3.64. The Morgan fingerprint density at radius 1 is 0.339 bits per heavy atom. The molecule has 0 saturated carbocycles. The number of furan rings is 2. The summed E-state index contributed by atoms with van der Waals surface area (Å²) in [5.74, 6) is 0.674. The van der Waals surface area contributed by atoms with E-state index in [2.05, 4.69) is 126 Å². The standard InChI is InChI=1S/C51H31N3O2/c1-2-10-35(11-3-1)51-53-44(31-45(54-51)40-13-5-4-12-37(40)33-26-28-52-29-27-33)34-20-18-32(19-21-34)39-24-23-38(49-42-15-7-9-17-47(42)56-50(39)49)36-22-25-48-43(30-36)41-14-6-8-16-46(41)55-48/h1-31H. The average Bonchev–Trinajstić information content (AvgIpc) is 3.85. The molecule has 0 N–H and O–H groups in total. The fraction of sp³-hybridized carbons (Fsp3) is 0. The molecular weight excluding hydrogens is 687 g/mol. The van der Waals surface area contributed by atoms with Crippen molar-refractivity contribution in [3.8, 4) is 67.3 Å². The highest BCUT2D eigenvalue weighted by atomic mass is 16.3. The SMILES string of the molecule is c1ccc(-c2nc(-c3ccc(-c4ccc(-c5ccc6oc7ccccc7c6c5)c5c4oc4ccccc45)cc3)cc(-c3ccccc3-c3ccncc3)n2)cc1. The Bertz CT molecular complexity index is 3240. The van der Waals surface area contributed by atoms with Crippen molar-refractivity contribution in [3.05, 3.63) is 188 Å². The van der Waals surface area contributed by atoms with Gasteiger partial charge in [0.2, 0.25) is 0 Å². The molecule has 0 unspecified atom stereocenters. The van der Waals surface area contributed by atoms with Crippen LogP contribution in [-0.2, 0) is 0 Å². The second-order valence-electron chi connectivity index (χ2n) is 14.0. The zero-order valence-electron chi connectivity index (χ0n) is 30.1. The summed E-state index contributed by atoms with van der Waals surface area (Å²) in [4.78, 5) is 14.5. The lowest BCUT2D eigenvalue weighted by Gasteiger charge is -2.13. The zero-order chi connectivity index (χ0) is 37.0. The molecule has 0 saturated heterocycles. The zero-order valence-corrected chi connectivity index (χ0v) is 30.1. The number of hydrogen-bond donors (Lipinski definition) is 0. The summed E-state index contributed by atoms with van der Waals surface area (Å²) in [6, 6.07) is 60.6. The minimum absolute atomic E-state index is 0.674. The van der Waals surface area contributed by atoms with Crippen LogP contribution in [0.25, 0.3) is 111 Å². The number of aromatic nitrogens is 3. The van der Waals surface area contributed by atoms with Gasteiger partial charge < -0.3 is 8.83 Å². The molecule has 56 heavy (non-hydrogen) atoms. The van der Waals surface area contributed by atoms with Crippen molar-refractivity contribution in [1.29, 1.82) is 0 Å². The van der Waals surface area contributed by atoms with Crippen LogP contribution in [0.3, 0.4) is 0 Å². The number of pyridine rings is 1. The van der Waals surface area contributed by atoms with Gasteiger partial charge in [0.25, 0.3) is 0 Å². The van der Waals surface area contributed by atoms with E-state index >= 15 is 0 Å². The minimum atomic E-state index is 0.674. The van der Waals surface area contributed by atoms with Crippen LogP contribution >= 0.6 is 0 Å². The van der Waals surface area contributed by atoms with E-state index in [0.717, 1.165) is 105 Å². The molecule has 0 aliphatic heterocycles. The molecular formula is C51H31N3O2. The predicted molar refractivity (Wildman–Crippen MR) is 227 cm³/mol. The maximum Gasteiger partial charge on any atom is 0.160 e. The van der Waals surface area contributed by atoms with Crippen molar-refractivity contribution >= 4 is 43.9 Å². The third-order valence-corrected chi connectivity index (χ3v) is 10.7. The first kappa shape index (κ1) is 31.9. The molecule has 0 spiro atoms. The first-order valence-corrected chi connectivity index (χ1v) is 18.7. The second kappa shape index (κ2) is 13.0. The monoisotopic (exact) mass is 717 g/mol. The van der Waals surface area contributed by atoms with Crippen LogP contribution in [0.5, 0.6) is 0 Å². The average molecular weight is 718 g/mol. The van der Waals surface area contributed by atoms with Crippen molar-refractivity contribution in [2.24, 2.45) is 0 Å². The molecule has 11 aromatic rings. The highest BCUT2D eigenvalue weighted by Gasteiger charge is 2.19. The Morgan fingerprint density at radius 3 is 1.77 bits per heavy atom. The molecule has 5 heteroatoms. The van der Waals surface area contributed by atoms with Gasteiger partial charge in [-0.05, 0) is 76.3 Å². The van der Waals surface area contributed by atoms with Crippen LogP contribution in [0.4, 0.5) is 0 Å². The van der Waals surface area contributed by atoms with Crippen LogP contribution in [-0.4, -0.2) is 15.0 Å². The lowest BCUT2D eigenvalue weighted by molar-refractivity contribution is 0.669. The molecule has 0 radical (unpaired) electrons. The van der Waals surface area contributed by atoms with Crippen molar-refractivity contribution in [3.63, 3.8) is 0 Å². The third kappa shape index (κ3) is 5.37. The number of benzene rings is 7. The van der Waals surface area contributed by atoms with Gasteiger partial charge in [0, 0.05) is 56.2 Å². The van der Waals surface area contributed by atoms with Crippen LogP contribution in [0, 0.1) is 0 Å². The molecule has 5 nitrogen and oxygen atoms in total. The highest BCUT2D eigenvalue weighted by Crippen LogP contribution is 2.43. The van der Waals surface area contributed by atoms with E-state index in [4.69, 9.17) is 18.8 Å². The molecule has 11 rings (SSSR count). The van der Waals surface area contributed by atoms with E-state index in [1.54, 1.807) is 0 Å². The van der Waals surface area contributed by atoms with E-state index in [1.807, 2.05) is 67.0 Å². The second-order valence-corrected chi connectivity index (χ2v) is 14.0. The summed E-state index contributed by atoms with van der Waals surface area (Å²) in [7, 11) is 0. The Kier molecular flexibility index (Phi) is 7.42. The minimum Gasteiger partial charge on any atom is -0.456 e. The van der Waals surface area contributed by atoms with E-state index in [9.17, 15) is 0 Å². The lowest BCUT2D eigenvalue weighted by Crippen LogP contribution is -1.97. The van der Waals surface area contributed by atoms with Crippen molar-refractivity contribution in [2.75, 3.05) is 0 Å². The molecule has 262 valence electrons. The van der Waals surface area contributed by atoms with E-state index in [-0.39, 0.29) is 0 Å². The van der Waals surface area contributed by atoms with E-state index in [1.165, 1.54) is 0 Å². The van der Waals surface area contributed by atoms with Crippen molar-refractivity contribution < 1.29 is 8.83 Å². The van der Waals surface area contributed by atoms with E-state index in [0.29, 0.717) is 5.82 Å². The van der Waals surface area contributed by atoms with Crippen molar-refractivity contribution in [2.45, 2.75) is 0 Å². The van der Waals surface area contributed by atoms with Crippen LogP contribution < -0.4 is 0 Å². The van der Waals surface area contributed by atoms with Gasteiger partial charge in [0.15, 0.2) is 5.82 Å². The van der Waals surface area contributed by atoms with Gasteiger partial charge in [-0.1, -0.05) is 127 Å². The predicted octanol–water partition coefficient (Wildman–Crippen LogP) is 13.7. The molecule has 0 bridgehead atoms. The largest absolute Gasteiger partial charge is 0.456 e. The first-order chi connectivity index (χ1) is 27.7. The Morgan fingerprint density at radius 2 is 0.946 bits per heavy atom. The van der Waals surface area contributed by atoms with Gasteiger partial charge in [-0.25, -0.2) is 9.97 Å². The summed E-state index contributed by atoms with van der Waals surface area (Å²) in [6.45, 7) is 0. The molecule has 0 aliphatic rings. The van der Waals surface area contributed by atoms with Gasteiger partial charge in [-0.15, -0.1) is 0 Å². The number of nitrogens with zero attached hydrogens (tertiary/aromatic N) is 3. The normalized spacial score (nSPS) is 11.6. The van der Waals surface area contributed by atoms with Crippen LogP contribution in [0.2, 0.25) is 0 Å². The van der Waals surface area contributed by atoms with Gasteiger partial charge in [0.05, 0.1) is 11.4 Å². The fourth-order valence-corrected chi connectivity index (χ4v) is 7.95. The smallest absolute Gasteiger partial charge is 0.160 e. The number of fused-ring (bicyclic) bond motifs is 6. The molecule has 0 atom stereocenters. The molecule has 0 amide bonds. The van der Waals surface area contributed by atoms with Gasteiger partial charge in [0.1, 0.15) is 22.3 Å². The quantitative estimate of drug-likeness (QED) is 0.171. The number of rotatable bonds is 6. The summed E-state index contributed by atoms with van der Waals surface area (Å²) < 4.78 is 12.8. The van der Waals surface area contributed by atoms with Gasteiger partial charge >= 0.3 is 0 Å². The molecule has 0 aliphatic carbocycles. The van der Waals surface area contributed by atoms with Crippen LogP contribution in [0.15, 0.2) is 197 Å². The maximum absolute atomic E-state index is 6.69. The Hall–Kier alpha value is -7.63. The van der Waals surface area contributed by atoms with Gasteiger partial charge in [-0.3, -0.25) is 4.98 Å². The summed E-state index contributed by atoms with van der Waals surface area (Å²) in [5, 5.41) is 4.39. The van der Waals surface area contributed by atoms with E-state index < -0.39 is 0 Å². The lowest BCUT2D eigenvalue weighted by atomic mass is 9.93. The highest BCUT2D eigenvalue weighted by molar-refractivity contribution is 6.17. The third-order valence-electron chi connectivity index (χ3n) is 10.7. The fourth-order valence-electron chi connectivity index (χ4n) is 7.95. The Balaban J connectivity index is 1.03. The first-order valence-electron chi connectivity index (χ1n) is 18.7. The molecule has 4 heterocycles. The number of hydrogen-bond acceptors (Lipinski definition) is 5. The molecule has 4 aromatic heterocycles. The van der Waals surface area contributed by atoms with Crippen LogP contribution in [0.1, 0.15) is 0 Å². The Labute approximate surface area is 322 Å². The molecule has 7 aromatic carbocycles. The summed E-state index contributed by atoms with van der Waals surface area (Å²) in [5.41, 5.74) is 14.7. The van der Waals surface area contributed by atoms with Crippen molar-refractivity contribution in [1.82, 2.24) is 15.0 Å². The van der Waals surface area contributed by atoms with Gasteiger partial charge in [-0.2, -0.15) is 0 Å².